The van der Waals surface area contributed by atoms with Gasteiger partial charge in [-0.2, -0.15) is 0 Å². The van der Waals surface area contributed by atoms with Gasteiger partial charge in [0, 0.05) is 30.4 Å². The monoisotopic (exact) mass is 312 g/mol. The van der Waals surface area contributed by atoms with Gasteiger partial charge in [0.25, 0.3) is 5.56 Å². The molecule has 1 saturated heterocycles. The zero-order valence-corrected chi connectivity index (χ0v) is 12.7. The van der Waals surface area contributed by atoms with E-state index in [-0.39, 0.29) is 41.9 Å². The molecule has 6 nitrogen and oxygen atoms in total. The van der Waals surface area contributed by atoms with E-state index in [1.807, 2.05) is 18.7 Å². The fourth-order valence-corrected chi connectivity index (χ4v) is 2.14. The fraction of sp³-hybridized carbons (Fsp3) is 0.636. The topological polar surface area (TPSA) is 107 Å². The number of aromatic amines is 1. The second-order valence-corrected chi connectivity index (χ2v) is 4.30. The minimum absolute atomic E-state index is 0. The van der Waals surface area contributed by atoms with Crippen LogP contribution in [-0.4, -0.2) is 34.6 Å². The number of nitrogens with one attached hydrogen (secondary N) is 1. The first kappa shape index (κ1) is 20.5. The molecule has 0 aliphatic carbocycles. The molecule has 0 radical (unpaired) electrons. The molecule has 1 aromatic heterocycles. The van der Waals surface area contributed by atoms with Gasteiger partial charge in [-0.3, -0.25) is 9.78 Å². The largest absolute Gasteiger partial charge is 0.412 e. The van der Waals surface area contributed by atoms with E-state index in [0.717, 1.165) is 30.8 Å². The van der Waals surface area contributed by atoms with Gasteiger partial charge in [-0.15, -0.1) is 24.8 Å². The molecule has 1 aromatic rings. The van der Waals surface area contributed by atoms with Gasteiger partial charge in [-0.25, -0.2) is 4.98 Å². The van der Waals surface area contributed by atoms with Crippen molar-refractivity contribution in [1.82, 2.24) is 9.97 Å². The first-order valence-corrected chi connectivity index (χ1v) is 5.72. The van der Waals surface area contributed by atoms with Crippen molar-refractivity contribution < 1.29 is 5.48 Å². The molecule has 1 unspecified atom stereocenters. The normalized spacial score (nSPS) is 17.2. The van der Waals surface area contributed by atoms with E-state index < -0.39 is 0 Å². The van der Waals surface area contributed by atoms with E-state index in [1.54, 1.807) is 0 Å². The molecule has 0 bridgehead atoms. The number of aromatic nitrogens is 2. The Morgan fingerprint density at radius 3 is 2.53 bits per heavy atom. The molecule has 0 spiro atoms. The van der Waals surface area contributed by atoms with Crippen LogP contribution < -0.4 is 16.2 Å². The summed E-state index contributed by atoms with van der Waals surface area (Å²) in [5.41, 5.74) is 7.40. The first-order chi connectivity index (χ1) is 7.61. The minimum Gasteiger partial charge on any atom is -0.412 e. The molecule has 1 atom stereocenters. The molecular formula is C11H22Cl2N4O2. The number of anilines is 1. The van der Waals surface area contributed by atoms with Crippen LogP contribution in [0, 0.1) is 6.92 Å². The summed E-state index contributed by atoms with van der Waals surface area (Å²) in [6.45, 7) is 5.49. The van der Waals surface area contributed by atoms with Gasteiger partial charge in [0.1, 0.15) is 0 Å². The third-order valence-corrected chi connectivity index (χ3v) is 3.09. The van der Waals surface area contributed by atoms with Crippen LogP contribution in [0.2, 0.25) is 0 Å². The van der Waals surface area contributed by atoms with Gasteiger partial charge in [-0.1, -0.05) is 6.92 Å². The number of nitrogens with two attached hydrogens (primary N) is 1. The molecule has 19 heavy (non-hydrogen) atoms. The standard InChI is InChI=1S/C11H18N4O.2ClH.H2O/c1-3-9-7(2)13-11(14-10(9)16)15-5-4-8(12)6-15;;;/h8H,3-6,12H2,1-2H3,(H,13,14,16);2*1H;1H2. The molecule has 1 aliphatic heterocycles. The lowest BCUT2D eigenvalue weighted by Crippen LogP contribution is -2.30. The van der Waals surface area contributed by atoms with Crippen LogP contribution >= 0.6 is 24.8 Å². The van der Waals surface area contributed by atoms with Crippen molar-refractivity contribution in [3.05, 3.63) is 21.6 Å². The maximum atomic E-state index is 11.8. The lowest BCUT2D eigenvalue weighted by Gasteiger charge is -2.17. The molecule has 5 N–H and O–H groups in total. The maximum Gasteiger partial charge on any atom is 0.255 e. The predicted molar refractivity (Wildman–Crippen MR) is 81.9 cm³/mol. The molecule has 1 fully saturated rings. The summed E-state index contributed by atoms with van der Waals surface area (Å²) in [4.78, 5) is 21.1. The zero-order chi connectivity index (χ0) is 11.7. The van der Waals surface area contributed by atoms with Gasteiger partial charge < -0.3 is 16.1 Å². The third-order valence-electron chi connectivity index (χ3n) is 3.09. The number of hydrogen-bond donors (Lipinski definition) is 2. The highest BCUT2D eigenvalue weighted by Crippen LogP contribution is 2.14. The van der Waals surface area contributed by atoms with Crippen molar-refractivity contribution in [2.24, 2.45) is 5.73 Å². The van der Waals surface area contributed by atoms with E-state index in [2.05, 4.69) is 9.97 Å². The molecule has 8 heteroatoms. The van der Waals surface area contributed by atoms with Gasteiger partial charge in [0.15, 0.2) is 0 Å². The lowest BCUT2D eigenvalue weighted by molar-refractivity contribution is 0.749. The number of aryl methyl sites for hydroxylation is 1. The van der Waals surface area contributed by atoms with Crippen LogP contribution in [0.4, 0.5) is 5.95 Å². The minimum atomic E-state index is -0.0227. The molecule has 0 amide bonds. The highest BCUT2D eigenvalue weighted by Gasteiger charge is 2.21. The molecule has 112 valence electrons. The first-order valence-electron chi connectivity index (χ1n) is 5.72. The van der Waals surface area contributed by atoms with E-state index in [9.17, 15) is 4.79 Å². The molecule has 2 heterocycles. The van der Waals surface area contributed by atoms with Gasteiger partial charge in [-0.05, 0) is 19.8 Å². The van der Waals surface area contributed by atoms with Gasteiger partial charge in [0.05, 0.1) is 0 Å². The summed E-state index contributed by atoms with van der Waals surface area (Å²) in [6, 6.07) is 0.191. The predicted octanol–water partition coefficient (Wildman–Crippen LogP) is 0.197. The SMILES string of the molecule is CCc1c(C)nc(N2CCC(N)C2)[nH]c1=O.Cl.Cl.O. The Morgan fingerprint density at radius 2 is 2.11 bits per heavy atom. The average Bonchev–Trinajstić information content (AvgIpc) is 2.64. The Bertz CT molecular complexity index is 453. The smallest absolute Gasteiger partial charge is 0.255 e. The van der Waals surface area contributed by atoms with Crippen molar-refractivity contribution in [3.63, 3.8) is 0 Å². The van der Waals surface area contributed by atoms with Gasteiger partial charge >= 0.3 is 0 Å². The van der Waals surface area contributed by atoms with Crippen LogP contribution in [0.25, 0.3) is 0 Å². The number of hydrogen-bond acceptors (Lipinski definition) is 4. The molecule has 2 rings (SSSR count). The lowest BCUT2D eigenvalue weighted by atomic mass is 10.2. The Kier molecular flexibility index (Phi) is 9.03. The molecular weight excluding hydrogens is 291 g/mol. The van der Waals surface area contributed by atoms with Crippen molar-refractivity contribution in [1.29, 1.82) is 0 Å². The van der Waals surface area contributed by atoms with Crippen molar-refractivity contribution in [2.75, 3.05) is 18.0 Å². The number of H-pyrrole nitrogens is 1. The fourth-order valence-electron chi connectivity index (χ4n) is 2.14. The number of nitrogens with zero attached hydrogens (tertiary/aromatic N) is 2. The van der Waals surface area contributed by atoms with E-state index >= 15 is 0 Å². The number of halogens is 2. The van der Waals surface area contributed by atoms with E-state index in [0.29, 0.717) is 12.4 Å². The van der Waals surface area contributed by atoms with Crippen LogP contribution in [-0.2, 0) is 6.42 Å². The summed E-state index contributed by atoms with van der Waals surface area (Å²) >= 11 is 0. The average molecular weight is 313 g/mol. The van der Waals surface area contributed by atoms with Crippen LogP contribution in [0.5, 0.6) is 0 Å². The summed E-state index contributed by atoms with van der Waals surface area (Å²) in [7, 11) is 0. The number of rotatable bonds is 2. The maximum absolute atomic E-state index is 11.8. The Labute approximate surface area is 124 Å². The molecule has 0 saturated carbocycles. The van der Waals surface area contributed by atoms with Crippen LogP contribution in [0.1, 0.15) is 24.6 Å². The Morgan fingerprint density at radius 1 is 1.47 bits per heavy atom. The van der Waals surface area contributed by atoms with E-state index in [4.69, 9.17) is 5.73 Å². The molecule has 1 aliphatic rings. The quantitative estimate of drug-likeness (QED) is 0.813. The van der Waals surface area contributed by atoms with Crippen molar-refractivity contribution >= 4 is 30.8 Å². The Hall–Kier alpha value is -0.820. The second kappa shape index (κ2) is 8.37. The molecule has 0 aromatic carbocycles. The van der Waals surface area contributed by atoms with Gasteiger partial charge in [0.2, 0.25) is 5.95 Å². The third kappa shape index (κ3) is 4.35. The highest BCUT2D eigenvalue weighted by molar-refractivity contribution is 5.85. The van der Waals surface area contributed by atoms with Crippen LogP contribution in [0.15, 0.2) is 4.79 Å². The van der Waals surface area contributed by atoms with Crippen molar-refractivity contribution in [3.8, 4) is 0 Å². The highest BCUT2D eigenvalue weighted by atomic mass is 35.5. The zero-order valence-electron chi connectivity index (χ0n) is 11.1. The summed E-state index contributed by atoms with van der Waals surface area (Å²) in [6.07, 6.45) is 1.67. The van der Waals surface area contributed by atoms with Crippen molar-refractivity contribution in [2.45, 2.75) is 32.7 Å². The summed E-state index contributed by atoms with van der Waals surface area (Å²) in [5.74, 6) is 0.660. The summed E-state index contributed by atoms with van der Waals surface area (Å²) in [5, 5.41) is 0. The summed E-state index contributed by atoms with van der Waals surface area (Å²) < 4.78 is 0. The van der Waals surface area contributed by atoms with Crippen LogP contribution in [0.3, 0.4) is 0 Å². The second-order valence-electron chi connectivity index (χ2n) is 4.30. The van der Waals surface area contributed by atoms with E-state index in [1.165, 1.54) is 0 Å². The Balaban J connectivity index is 0.